The van der Waals surface area contributed by atoms with Crippen LogP contribution in [0.25, 0.3) is 0 Å². The number of pyridine rings is 2. The SMILES string of the molecule is CC(=O)N1C[C@H]2C[C@@H](C1)[C@H](C(=O)N1Cc3cnc(C)cc3C1)n1c2cccc1=O. The van der Waals surface area contributed by atoms with Gasteiger partial charge >= 0.3 is 0 Å². The van der Waals surface area contributed by atoms with Gasteiger partial charge in [0.1, 0.15) is 6.04 Å². The quantitative estimate of drug-likeness (QED) is 0.739. The molecule has 0 aliphatic carbocycles. The summed E-state index contributed by atoms with van der Waals surface area (Å²) >= 11 is 0. The minimum atomic E-state index is -0.569. The summed E-state index contributed by atoms with van der Waals surface area (Å²) in [6.45, 7) is 5.70. The lowest BCUT2D eigenvalue weighted by molar-refractivity contribution is -0.142. The molecule has 2 aromatic heterocycles. The van der Waals surface area contributed by atoms with Crippen LogP contribution >= 0.6 is 0 Å². The van der Waals surface area contributed by atoms with Crippen LogP contribution in [0.1, 0.15) is 47.8 Å². The maximum atomic E-state index is 13.7. The molecule has 3 aliphatic rings. The highest BCUT2D eigenvalue weighted by Gasteiger charge is 2.46. The highest BCUT2D eigenvalue weighted by Crippen LogP contribution is 2.42. The van der Waals surface area contributed by atoms with Crippen molar-refractivity contribution in [1.82, 2.24) is 19.4 Å². The van der Waals surface area contributed by atoms with Crippen LogP contribution in [0.5, 0.6) is 0 Å². The minimum Gasteiger partial charge on any atom is -0.342 e. The molecule has 2 bridgehead atoms. The van der Waals surface area contributed by atoms with Crippen molar-refractivity contribution in [2.45, 2.75) is 45.3 Å². The largest absolute Gasteiger partial charge is 0.342 e. The van der Waals surface area contributed by atoms with Crippen molar-refractivity contribution >= 4 is 11.8 Å². The second kappa shape index (κ2) is 6.54. The van der Waals surface area contributed by atoms with Gasteiger partial charge in [-0.2, -0.15) is 0 Å². The van der Waals surface area contributed by atoms with Gasteiger partial charge in [0.05, 0.1) is 0 Å². The van der Waals surface area contributed by atoms with Crippen LogP contribution in [0.15, 0.2) is 35.3 Å². The lowest BCUT2D eigenvalue weighted by Gasteiger charge is -2.46. The van der Waals surface area contributed by atoms with Crippen molar-refractivity contribution in [2.24, 2.45) is 5.92 Å². The molecule has 0 aromatic carbocycles. The van der Waals surface area contributed by atoms with E-state index >= 15 is 0 Å². The summed E-state index contributed by atoms with van der Waals surface area (Å²) in [4.78, 5) is 46.6. The molecule has 2 amide bonds. The number of hydrogen-bond acceptors (Lipinski definition) is 4. The summed E-state index contributed by atoms with van der Waals surface area (Å²) in [6.07, 6.45) is 2.66. The number of fused-ring (bicyclic) bond motifs is 5. The second-order valence-corrected chi connectivity index (χ2v) is 8.51. The number of rotatable bonds is 1. The van der Waals surface area contributed by atoms with E-state index in [1.54, 1.807) is 17.6 Å². The van der Waals surface area contributed by atoms with E-state index in [0.717, 1.165) is 28.9 Å². The second-order valence-electron chi connectivity index (χ2n) is 8.51. The van der Waals surface area contributed by atoms with E-state index < -0.39 is 6.04 Å². The predicted molar refractivity (Wildman–Crippen MR) is 106 cm³/mol. The van der Waals surface area contributed by atoms with Crippen LogP contribution < -0.4 is 5.56 Å². The van der Waals surface area contributed by atoms with E-state index in [1.165, 1.54) is 6.07 Å². The van der Waals surface area contributed by atoms with Crippen LogP contribution in [0.2, 0.25) is 0 Å². The first-order chi connectivity index (χ1) is 13.9. The summed E-state index contributed by atoms with van der Waals surface area (Å²) < 4.78 is 1.70. The van der Waals surface area contributed by atoms with E-state index in [4.69, 9.17) is 0 Å². The number of carbonyl (C=O) groups is 2. The van der Waals surface area contributed by atoms with Crippen LogP contribution in [0.3, 0.4) is 0 Å². The third kappa shape index (κ3) is 2.87. The number of hydrogen-bond donors (Lipinski definition) is 0. The van der Waals surface area contributed by atoms with Crippen molar-refractivity contribution in [3.63, 3.8) is 0 Å². The maximum absolute atomic E-state index is 13.7. The van der Waals surface area contributed by atoms with E-state index in [1.807, 2.05) is 35.1 Å². The van der Waals surface area contributed by atoms with E-state index in [0.29, 0.717) is 26.2 Å². The summed E-state index contributed by atoms with van der Waals surface area (Å²) in [6, 6.07) is 6.67. The zero-order valence-electron chi connectivity index (χ0n) is 16.7. The zero-order valence-corrected chi connectivity index (χ0v) is 16.7. The lowest BCUT2D eigenvalue weighted by atomic mass is 9.78. The van der Waals surface area contributed by atoms with Crippen LogP contribution in [-0.4, -0.2) is 44.3 Å². The fourth-order valence-electron chi connectivity index (χ4n) is 5.25. The Morgan fingerprint density at radius 3 is 2.69 bits per heavy atom. The molecule has 1 saturated heterocycles. The Bertz CT molecular complexity index is 1080. The Morgan fingerprint density at radius 2 is 1.90 bits per heavy atom. The highest BCUT2D eigenvalue weighted by molar-refractivity contribution is 5.82. The summed E-state index contributed by atoms with van der Waals surface area (Å²) in [7, 11) is 0. The molecular formula is C22H24N4O3. The summed E-state index contributed by atoms with van der Waals surface area (Å²) in [5, 5.41) is 0. The number of carbonyl (C=O) groups excluding carboxylic acids is 2. The molecule has 5 heterocycles. The molecule has 7 nitrogen and oxygen atoms in total. The van der Waals surface area contributed by atoms with Crippen molar-refractivity contribution in [2.75, 3.05) is 13.1 Å². The van der Waals surface area contributed by atoms with Gasteiger partial charge < -0.3 is 9.80 Å². The molecule has 2 aromatic rings. The third-order valence-corrected chi connectivity index (χ3v) is 6.60. The smallest absolute Gasteiger partial charge is 0.251 e. The summed E-state index contributed by atoms with van der Waals surface area (Å²) in [5.41, 5.74) is 3.85. The van der Waals surface area contributed by atoms with Gasteiger partial charge in [-0.25, -0.2) is 0 Å². The minimum absolute atomic E-state index is 0.0211. The van der Waals surface area contributed by atoms with E-state index in [2.05, 4.69) is 4.98 Å². The molecular weight excluding hydrogens is 368 g/mol. The maximum Gasteiger partial charge on any atom is 0.251 e. The topological polar surface area (TPSA) is 75.5 Å². The number of piperidine rings is 1. The zero-order chi connectivity index (χ0) is 20.3. The van der Waals surface area contributed by atoms with Gasteiger partial charge in [-0.15, -0.1) is 0 Å². The lowest BCUT2D eigenvalue weighted by Crippen LogP contribution is -2.54. The first-order valence-corrected chi connectivity index (χ1v) is 10.1. The highest BCUT2D eigenvalue weighted by atomic mass is 16.2. The monoisotopic (exact) mass is 392 g/mol. The van der Waals surface area contributed by atoms with Crippen molar-refractivity contribution < 1.29 is 9.59 Å². The molecule has 3 aliphatic heterocycles. The van der Waals surface area contributed by atoms with Gasteiger partial charge in [0.15, 0.2) is 0 Å². The fraction of sp³-hybridized carbons (Fsp3) is 0.455. The average molecular weight is 392 g/mol. The Hall–Kier alpha value is -2.96. The number of aryl methyl sites for hydroxylation is 1. The van der Waals surface area contributed by atoms with E-state index in [-0.39, 0.29) is 29.2 Å². The van der Waals surface area contributed by atoms with E-state index in [9.17, 15) is 14.4 Å². The standard InChI is InChI=1S/C22H24N4O3/c1-13-6-15-9-25(12-18(15)8-23-13)22(29)21-17-7-16(10-24(11-17)14(2)27)19-4-3-5-20(28)26(19)21/h3-6,8,16-17,21H,7,9-12H2,1-2H3/t16-,17+,21-/m1/s1. The Kier molecular flexibility index (Phi) is 4.08. The molecule has 7 heteroatoms. The molecule has 0 spiro atoms. The van der Waals surface area contributed by atoms with Gasteiger partial charge in [-0.3, -0.25) is 23.9 Å². The first kappa shape index (κ1) is 18.1. The third-order valence-electron chi connectivity index (χ3n) is 6.60. The van der Waals surface area contributed by atoms with Crippen molar-refractivity contribution in [3.8, 4) is 0 Å². The number of amides is 2. The molecule has 0 radical (unpaired) electrons. The molecule has 0 unspecified atom stereocenters. The van der Waals surface area contributed by atoms with Gasteiger partial charge in [-0.05, 0) is 36.6 Å². The Morgan fingerprint density at radius 1 is 1.10 bits per heavy atom. The van der Waals surface area contributed by atoms with Crippen molar-refractivity contribution in [1.29, 1.82) is 0 Å². The number of nitrogens with zero attached hydrogens (tertiary/aromatic N) is 4. The molecule has 0 N–H and O–H groups in total. The number of likely N-dealkylation sites (tertiary alicyclic amines) is 1. The van der Waals surface area contributed by atoms with Crippen LogP contribution in [0, 0.1) is 12.8 Å². The molecule has 150 valence electrons. The number of aromatic nitrogens is 2. The molecule has 0 saturated carbocycles. The molecule has 1 fully saturated rings. The Labute approximate surface area is 169 Å². The molecule has 29 heavy (non-hydrogen) atoms. The van der Waals surface area contributed by atoms with Gasteiger partial charge in [0.2, 0.25) is 11.8 Å². The predicted octanol–water partition coefficient (Wildman–Crippen LogP) is 1.60. The van der Waals surface area contributed by atoms with Gasteiger partial charge in [0, 0.05) is 68.6 Å². The molecule has 3 atom stereocenters. The van der Waals surface area contributed by atoms with Crippen LogP contribution in [-0.2, 0) is 22.7 Å². The summed E-state index contributed by atoms with van der Waals surface area (Å²) in [5.74, 6) is 0.0227. The average Bonchev–Trinajstić information content (AvgIpc) is 3.11. The van der Waals surface area contributed by atoms with Crippen LogP contribution in [0.4, 0.5) is 0 Å². The van der Waals surface area contributed by atoms with Gasteiger partial charge in [-0.1, -0.05) is 6.07 Å². The van der Waals surface area contributed by atoms with Gasteiger partial charge in [0.25, 0.3) is 5.56 Å². The molecule has 5 rings (SSSR count). The normalized spacial score (nSPS) is 24.8. The fourth-order valence-corrected chi connectivity index (χ4v) is 5.25. The Balaban J connectivity index is 1.53. The first-order valence-electron chi connectivity index (χ1n) is 10.1. The van der Waals surface area contributed by atoms with Crippen molar-refractivity contribution in [3.05, 3.63) is 63.3 Å².